The van der Waals surface area contributed by atoms with E-state index in [1.54, 1.807) is 23.7 Å². The fourth-order valence-electron chi connectivity index (χ4n) is 4.04. The Kier molecular flexibility index (Phi) is 6.53. The van der Waals surface area contributed by atoms with Crippen molar-refractivity contribution in [1.29, 1.82) is 0 Å². The second-order valence-corrected chi connectivity index (χ2v) is 9.50. The second kappa shape index (κ2) is 10.1. The number of rotatable bonds is 6. The molecule has 5 rings (SSSR count). The molecule has 6 nitrogen and oxygen atoms in total. The molecule has 0 N–H and O–H groups in total. The molecule has 1 aliphatic rings. The van der Waals surface area contributed by atoms with Crippen LogP contribution in [0.2, 0.25) is 0 Å². The average molecular weight is 471 g/mol. The van der Waals surface area contributed by atoms with Crippen LogP contribution in [-0.4, -0.2) is 47.0 Å². The molecule has 34 heavy (non-hydrogen) atoms. The fraction of sp³-hybridized carbons (Fsp3) is 0.222. The van der Waals surface area contributed by atoms with E-state index in [1.165, 1.54) is 4.88 Å². The molecule has 0 saturated carbocycles. The second-order valence-electron chi connectivity index (χ2n) is 8.26. The smallest absolute Gasteiger partial charge is 0.246 e. The Morgan fingerprint density at radius 2 is 1.79 bits per heavy atom. The number of carbonyl (C=O) groups excluding carboxylic acids is 1. The third kappa shape index (κ3) is 5.10. The summed E-state index contributed by atoms with van der Waals surface area (Å²) in [5.41, 5.74) is 2.10. The minimum atomic E-state index is 0.0308. The number of ether oxygens (including phenoxy) is 1. The number of piperazine rings is 1. The van der Waals surface area contributed by atoms with Gasteiger partial charge in [-0.2, -0.15) is 0 Å². The predicted molar refractivity (Wildman–Crippen MR) is 137 cm³/mol. The Hall–Kier alpha value is -3.71. The molecular weight excluding hydrogens is 444 g/mol. The van der Waals surface area contributed by atoms with Gasteiger partial charge in [0.1, 0.15) is 29.3 Å². The summed E-state index contributed by atoms with van der Waals surface area (Å²) in [5, 5.41) is 1.10. The molecule has 1 saturated heterocycles. The maximum Gasteiger partial charge on any atom is 0.246 e. The Balaban J connectivity index is 1.14. The van der Waals surface area contributed by atoms with Gasteiger partial charge in [-0.1, -0.05) is 42.5 Å². The lowest BCUT2D eigenvalue weighted by Gasteiger charge is -2.35. The van der Waals surface area contributed by atoms with Gasteiger partial charge >= 0.3 is 0 Å². The van der Waals surface area contributed by atoms with Gasteiger partial charge in [0.15, 0.2) is 0 Å². The number of thiophene rings is 1. The van der Waals surface area contributed by atoms with Crippen molar-refractivity contribution in [2.24, 2.45) is 0 Å². The van der Waals surface area contributed by atoms with E-state index in [4.69, 9.17) is 4.74 Å². The molecule has 0 bridgehead atoms. The number of amides is 1. The highest BCUT2D eigenvalue weighted by Gasteiger charge is 2.22. The topological polar surface area (TPSA) is 58.6 Å². The first-order valence-corrected chi connectivity index (χ1v) is 12.2. The van der Waals surface area contributed by atoms with Gasteiger partial charge in [-0.05, 0) is 42.3 Å². The van der Waals surface area contributed by atoms with E-state index in [-0.39, 0.29) is 5.91 Å². The van der Waals surface area contributed by atoms with Gasteiger partial charge in [0.2, 0.25) is 5.91 Å². The van der Waals surface area contributed by atoms with Crippen molar-refractivity contribution in [2.75, 3.05) is 31.1 Å². The summed E-state index contributed by atoms with van der Waals surface area (Å²) in [4.78, 5) is 28.0. The molecule has 0 radical (unpaired) electrons. The molecule has 0 spiro atoms. The number of carbonyl (C=O) groups is 1. The van der Waals surface area contributed by atoms with Crippen LogP contribution >= 0.6 is 11.3 Å². The molecule has 0 unspecified atom stereocenters. The van der Waals surface area contributed by atoms with Crippen molar-refractivity contribution >= 4 is 39.4 Å². The van der Waals surface area contributed by atoms with Crippen LogP contribution in [0, 0.1) is 6.92 Å². The summed E-state index contributed by atoms with van der Waals surface area (Å²) >= 11 is 1.68. The summed E-state index contributed by atoms with van der Waals surface area (Å²) in [5.74, 6) is 1.80. The first kappa shape index (κ1) is 22.1. The van der Waals surface area contributed by atoms with Crippen molar-refractivity contribution in [3.63, 3.8) is 0 Å². The third-order valence-electron chi connectivity index (χ3n) is 5.87. The van der Waals surface area contributed by atoms with Crippen molar-refractivity contribution in [3.05, 3.63) is 89.1 Å². The number of hydrogen-bond donors (Lipinski definition) is 0. The lowest BCUT2D eigenvalue weighted by Crippen LogP contribution is -2.48. The molecule has 0 atom stereocenters. The predicted octanol–water partition coefficient (Wildman–Crippen LogP) is 4.94. The zero-order chi connectivity index (χ0) is 23.3. The Morgan fingerprint density at radius 1 is 1.03 bits per heavy atom. The molecule has 7 heteroatoms. The first-order chi connectivity index (χ1) is 16.7. The van der Waals surface area contributed by atoms with Gasteiger partial charge in [-0.15, -0.1) is 11.3 Å². The Labute approximate surface area is 203 Å². The number of aryl methyl sites for hydroxylation is 1. The third-order valence-corrected chi connectivity index (χ3v) is 6.83. The number of hydrogen-bond acceptors (Lipinski definition) is 6. The van der Waals surface area contributed by atoms with Gasteiger partial charge in [0, 0.05) is 37.1 Å². The van der Waals surface area contributed by atoms with Crippen LogP contribution in [0.3, 0.4) is 0 Å². The highest BCUT2D eigenvalue weighted by molar-refractivity contribution is 7.18. The molecule has 3 heterocycles. The number of benzene rings is 2. The first-order valence-electron chi connectivity index (χ1n) is 11.4. The maximum absolute atomic E-state index is 12.7. The number of nitrogens with zero attached hydrogens (tertiary/aromatic N) is 4. The summed E-state index contributed by atoms with van der Waals surface area (Å²) < 4.78 is 5.83. The number of anilines is 1. The van der Waals surface area contributed by atoms with Crippen molar-refractivity contribution < 1.29 is 9.53 Å². The van der Waals surface area contributed by atoms with Gasteiger partial charge in [-0.25, -0.2) is 9.97 Å². The molecule has 1 amide bonds. The van der Waals surface area contributed by atoms with Gasteiger partial charge in [-0.3, -0.25) is 4.79 Å². The van der Waals surface area contributed by atoms with Crippen LogP contribution in [0.4, 0.5) is 5.82 Å². The minimum absolute atomic E-state index is 0.0308. The van der Waals surface area contributed by atoms with E-state index in [0.29, 0.717) is 19.7 Å². The summed E-state index contributed by atoms with van der Waals surface area (Å²) in [7, 11) is 0. The summed E-state index contributed by atoms with van der Waals surface area (Å²) in [6, 6.07) is 20.0. The van der Waals surface area contributed by atoms with Crippen LogP contribution < -0.4 is 9.64 Å². The van der Waals surface area contributed by atoms with E-state index in [1.807, 2.05) is 65.6 Å². The molecule has 2 aromatic carbocycles. The van der Waals surface area contributed by atoms with Gasteiger partial charge < -0.3 is 14.5 Å². The largest absolute Gasteiger partial charge is 0.489 e. The lowest BCUT2D eigenvalue weighted by atomic mass is 10.2. The van der Waals surface area contributed by atoms with Crippen molar-refractivity contribution in [2.45, 2.75) is 13.5 Å². The van der Waals surface area contributed by atoms with Crippen molar-refractivity contribution in [3.8, 4) is 5.75 Å². The molecule has 1 fully saturated rings. The average Bonchev–Trinajstić information content (AvgIpc) is 3.27. The standard InChI is InChI=1S/C27H26N4O2S/c1-20-17-24-26(28-19-29-27(24)34-20)31-15-13-30(14-16-31)25(32)12-9-21-7-10-23(11-8-21)33-18-22-5-3-2-4-6-22/h2-12,17,19H,13-16,18H2,1H3/b12-9+. The van der Waals surface area contributed by atoms with E-state index in [9.17, 15) is 4.79 Å². The van der Waals surface area contributed by atoms with E-state index in [0.717, 1.165) is 46.0 Å². The fourth-order valence-corrected chi connectivity index (χ4v) is 4.88. The number of aromatic nitrogens is 2. The monoisotopic (exact) mass is 470 g/mol. The van der Waals surface area contributed by atoms with E-state index in [2.05, 4.69) is 27.9 Å². The molecular formula is C27H26N4O2S. The Bertz CT molecular complexity index is 1290. The molecule has 172 valence electrons. The lowest BCUT2D eigenvalue weighted by molar-refractivity contribution is -0.126. The van der Waals surface area contributed by atoms with Crippen LogP contribution in [0.15, 0.2) is 73.1 Å². The summed E-state index contributed by atoms with van der Waals surface area (Å²) in [6.07, 6.45) is 5.14. The zero-order valence-electron chi connectivity index (χ0n) is 19.1. The Morgan fingerprint density at radius 3 is 2.56 bits per heavy atom. The molecule has 1 aliphatic heterocycles. The van der Waals surface area contributed by atoms with Crippen LogP contribution in [0.5, 0.6) is 5.75 Å². The zero-order valence-corrected chi connectivity index (χ0v) is 19.9. The molecule has 4 aromatic rings. The van der Waals surface area contributed by atoms with Crippen LogP contribution in [0.1, 0.15) is 16.0 Å². The quantitative estimate of drug-likeness (QED) is 0.374. The highest BCUT2D eigenvalue weighted by atomic mass is 32.1. The minimum Gasteiger partial charge on any atom is -0.489 e. The van der Waals surface area contributed by atoms with Crippen LogP contribution in [-0.2, 0) is 11.4 Å². The van der Waals surface area contributed by atoms with Crippen molar-refractivity contribution in [1.82, 2.24) is 14.9 Å². The summed E-state index contributed by atoms with van der Waals surface area (Å²) in [6.45, 7) is 5.48. The van der Waals surface area contributed by atoms with Crippen LogP contribution in [0.25, 0.3) is 16.3 Å². The number of fused-ring (bicyclic) bond motifs is 1. The maximum atomic E-state index is 12.7. The highest BCUT2D eigenvalue weighted by Crippen LogP contribution is 2.30. The SMILES string of the molecule is Cc1cc2c(N3CCN(C(=O)/C=C/c4ccc(OCc5ccccc5)cc4)CC3)ncnc2s1. The van der Waals surface area contributed by atoms with Gasteiger partial charge in [0.25, 0.3) is 0 Å². The van der Waals surface area contributed by atoms with E-state index >= 15 is 0 Å². The van der Waals surface area contributed by atoms with Gasteiger partial charge in [0.05, 0.1) is 5.39 Å². The molecule has 0 aliphatic carbocycles. The normalized spacial score (nSPS) is 14.1. The molecule has 2 aromatic heterocycles. The van der Waals surface area contributed by atoms with E-state index < -0.39 is 0 Å².